The fourth-order valence-corrected chi connectivity index (χ4v) is 5.43. The molecule has 2 aliphatic rings. The van der Waals surface area contributed by atoms with E-state index in [2.05, 4.69) is 15.6 Å². The number of pyridine rings is 1. The van der Waals surface area contributed by atoms with Crippen molar-refractivity contribution in [1.29, 1.82) is 0 Å². The van der Waals surface area contributed by atoms with Crippen LogP contribution in [0.5, 0.6) is 0 Å². The van der Waals surface area contributed by atoms with Gasteiger partial charge in [-0.25, -0.2) is 13.6 Å². The van der Waals surface area contributed by atoms with E-state index in [0.29, 0.717) is 69.0 Å². The molecule has 0 spiro atoms. The van der Waals surface area contributed by atoms with Crippen LogP contribution in [0.1, 0.15) is 29.0 Å². The van der Waals surface area contributed by atoms with E-state index in [4.69, 9.17) is 19.9 Å². The molecule has 3 aromatic rings. The number of amides is 2. The zero-order valence-corrected chi connectivity index (χ0v) is 24.3. The Hall–Kier alpha value is -3.97. The van der Waals surface area contributed by atoms with Crippen LogP contribution in [0.15, 0.2) is 67.0 Å². The van der Waals surface area contributed by atoms with Crippen LogP contribution in [0.4, 0.5) is 19.3 Å². The number of hydrogen-bond acceptors (Lipinski definition) is 8. The van der Waals surface area contributed by atoms with Gasteiger partial charge in [0.25, 0.3) is 0 Å². The molecule has 0 unspecified atom stereocenters. The monoisotopic (exact) mass is 609 g/mol. The molecule has 3 heterocycles. The number of morpholine rings is 2. The number of aromatic nitrogens is 1. The zero-order chi connectivity index (χ0) is 30.9. The number of hydrogen-bond donors (Lipinski definition) is 3. The first-order chi connectivity index (χ1) is 21.4. The summed E-state index contributed by atoms with van der Waals surface area (Å²) in [7, 11) is 0. The standard InChI is InChI=1S/C32H37F2N5O5/c33-24-6-1-22(2-7-24)29(23-3-8-25(34)9-4-23)30(35)31(40)38-28-19-36-12-11-21(28)5-10-26-17-37-18-27(44-26)20-43-32(41)39-13-15-42-16-14-39/h1-4,6-9,11-12,19,26-27,29-30,37H,5,10,13-18,20,35H2,(H,38,40)/t26-,27+,30+/m1/s1. The second kappa shape index (κ2) is 15.2. The second-order valence-electron chi connectivity index (χ2n) is 10.9. The summed E-state index contributed by atoms with van der Waals surface area (Å²) in [6.07, 6.45) is 3.68. The summed E-state index contributed by atoms with van der Waals surface area (Å²) in [5.41, 5.74) is 9.13. The molecule has 3 atom stereocenters. The van der Waals surface area contributed by atoms with E-state index in [0.717, 1.165) is 5.56 Å². The van der Waals surface area contributed by atoms with E-state index >= 15 is 0 Å². The Morgan fingerprint density at radius 1 is 1.00 bits per heavy atom. The highest BCUT2D eigenvalue weighted by molar-refractivity contribution is 5.96. The van der Waals surface area contributed by atoms with Gasteiger partial charge in [-0.05, 0) is 59.9 Å². The predicted octanol–water partition coefficient (Wildman–Crippen LogP) is 3.22. The summed E-state index contributed by atoms with van der Waals surface area (Å²) in [5.74, 6) is -1.94. The maximum absolute atomic E-state index is 13.7. The zero-order valence-electron chi connectivity index (χ0n) is 24.3. The molecule has 12 heteroatoms. The first-order valence-corrected chi connectivity index (χ1v) is 14.7. The third kappa shape index (κ3) is 8.35. The van der Waals surface area contributed by atoms with Crippen molar-refractivity contribution in [1.82, 2.24) is 15.2 Å². The molecule has 1 aromatic heterocycles. The molecule has 2 saturated heterocycles. The van der Waals surface area contributed by atoms with Crippen molar-refractivity contribution < 1.29 is 32.6 Å². The van der Waals surface area contributed by atoms with E-state index in [9.17, 15) is 18.4 Å². The number of anilines is 1. The Balaban J connectivity index is 1.19. The molecule has 0 bridgehead atoms. The summed E-state index contributed by atoms with van der Waals surface area (Å²) in [4.78, 5) is 31.6. The number of carbonyl (C=O) groups is 2. The molecular formula is C32H37F2N5O5. The van der Waals surface area contributed by atoms with Crippen molar-refractivity contribution in [2.45, 2.75) is 37.0 Å². The molecule has 2 amide bonds. The summed E-state index contributed by atoms with van der Waals surface area (Å²) in [5, 5.41) is 6.25. The van der Waals surface area contributed by atoms with Crippen molar-refractivity contribution in [3.8, 4) is 0 Å². The van der Waals surface area contributed by atoms with Crippen molar-refractivity contribution in [3.63, 3.8) is 0 Å². The van der Waals surface area contributed by atoms with Gasteiger partial charge in [0.15, 0.2) is 0 Å². The third-order valence-electron chi connectivity index (χ3n) is 7.82. The molecular weight excluding hydrogens is 572 g/mol. The fraction of sp³-hybridized carbons (Fsp3) is 0.406. The SMILES string of the molecule is N[C@H](C(=O)Nc1cnccc1CC[C@@H]1CNC[C@@H](COC(=O)N2CCOCC2)O1)C(c1ccc(F)cc1)c1ccc(F)cc1. The average molecular weight is 610 g/mol. The smallest absolute Gasteiger partial charge is 0.410 e. The summed E-state index contributed by atoms with van der Waals surface area (Å²) >= 11 is 0. The van der Waals surface area contributed by atoms with Gasteiger partial charge in [0.2, 0.25) is 5.91 Å². The minimum atomic E-state index is -1.06. The van der Waals surface area contributed by atoms with Gasteiger partial charge in [0.05, 0.1) is 37.2 Å². The Kier molecular flexibility index (Phi) is 10.8. The van der Waals surface area contributed by atoms with Gasteiger partial charge in [-0.1, -0.05) is 24.3 Å². The highest BCUT2D eigenvalue weighted by Crippen LogP contribution is 2.29. The number of rotatable bonds is 10. The number of carbonyl (C=O) groups excluding carboxylic acids is 2. The molecule has 0 saturated carbocycles. The predicted molar refractivity (Wildman–Crippen MR) is 159 cm³/mol. The highest BCUT2D eigenvalue weighted by Gasteiger charge is 2.29. The van der Waals surface area contributed by atoms with Crippen LogP contribution in [0.25, 0.3) is 0 Å². The molecule has 0 radical (unpaired) electrons. The van der Waals surface area contributed by atoms with Gasteiger partial charge in [0, 0.05) is 38.3 Å². The summed E-state index contributed by atoms with van der Waals surface area (Å²) < 4.78 is 44.3. The molecule has 10 nitrogen and oxygen atoms in total. The average Bonchev–Trinajstić information content (AvgIpc) is 3.05. The Morgan fingerprint density at radius 2 is 1.64 bits per heavy atom. The Morgan fingerprint density at radius 3 is 2.30 bits per heavy atom. The van der Waals surface area contributed by atoms with Gasteiger partial charge in [0.1, 0.15) is 24.3 Å². The van der Waals surface area contributed by atoms with E-state index in [1.807, 2.05) is 6.07 Å². The third-order valence-corrected chi connectivity index (χ3v) is 7.82. The first kappa shape index (κ1) is 31.5. The van der Waals surface area contributed by atoms with Crippen molar-refractivity contribution in [2.24, 2.45) is 5.73 Å². The molecule has 4 N–H and O–H groups in total. The number of ether oxygens (including phenoxy) is 3. The maximum Gasteiger partial charge on any atom is 0.410 e. The maximum atomic E-state index is 13.7. The molecule has 44 heavy (non-hydrogen) atoms. The number of halogens is 2. The van der Waals surface area contributed by atoms with Crippen LogP contribution in [-0.4, -0.2) is 86.1 Å². The van der Waals surface area contributed by atoms with Crippen LogP contribution < -0.4 is 16.4 Å². The normalized spacial score (nSPS) is 19.4. The lowest BCUT2D eigenvalue weighted by molar-refractivity contribution is -0.117. The molecule has 0 aliphatic carbocycles. The van der Waals surface area contributed by atoms with E-state index in [1.54, 1.807) is 41.6 Å². The molecule has 234 valence electrons. The van der Waals surface area contributed by atoms with Crippen molar-refractivity contribution in [2.75, 3.05) is 51.3 Å². The van der Waals surface area contributed by atoms with E-state index in [-0.39, 0.29) is 24.9 Å². The Bertz CT molecular complexity index is 1340. The minimum Gasteiger partial charge on any atom is -0.447 e. The number of nitrogens with one attached hydrogen (secondary N) is 2. The second-order valence-corrected chi connectivity index (χ2v) is 10.9. The lowest BCUT2D eigenvalue weighted by Gasteiger charge is -2.32. The molecule has 2 aliphatic heterocycles. The number of nitrogens with two attached hydrogens (primary N) is 1. The van der Waals surface area contributed by atoms with Crippen LogP contribution >= 0.6 is 0 Å². The quantitative estimate of drug-likeness (QED) is 0.320. The lowest BCUT2D eigenvalue weighted by Crippen LogP contribution is -2.48. The highest BCUT2D eigenvalue weighted by atomic mass is 19.1. The van der Waals surface area contributed by atoms with Crippen molar-refractivity contribution in [3.05, 3.63) is 95.3 Å². The Labute approximate surface area is 254 Å². The van der Waals surface area contributed by atoms with Gasteiger partial charge in [-0.15, -0.1) is 0 Å². The van der Waals surface area contributed by atoms with Crippen LogP contribution in [-0.2, 0) is 25.4 Å². The number of nitrogens with zero attached hydrogens (tertiary/aromatic N) is 2. The largest absolute Gasteiger partial charge is 0.447 e. The van der Waals surface area contributed by atoms with E-state index < -0.39 is 29.5 Å². The number of benzene rings is 2. The van der Waals surface area contributed by atoms with Crippen LogP contribution in [0.3, 0.4) is 0 Å². The number of aryl methyl sites for hydroxylation is 1. The topological polar surface area (TPSA) is 128 Å². The molecule has 5 rings (SSSR count). The van der Waals surface area contributed by atoms with Crippen molar-refractivity contribution >= 4 is 17.7 Å². The van der Waals surface area contributed by atoms with E-state index in [1.165, 1.54) is 24.3 Å². The fourth-order valence-electron chi connectivity index (χ4n) is 5.43. The van der Waals surface area contributed by atoms with Gasteiger partial charge >= 0.3 is 6.09 Å². The van der Waals surface area contributed by atoms with Gasteiger partial charge in [-0.3, -0.25) is 9.78 Å². The van der Waals surface area contributed by atoms with Crippen LogP contribution in [0, 0.1) is 11.6 Å². The van der Waals surface area contributed by atoms with Gasteiger partial charge in [-0.2, -0.15) is 0 Å². The molecule has 2 aromatic carbocycles. The molecule has 2 fully saturated rings. The van der Waals surface area contributed by atoms with Gasteiger partial charge < -0.3 is 35.5 Å². The lowest BCUT2D eigenvalue weighted by atomic mass is 9.85. The summed E-state index contributed by atoms with van der Waals surface area (Å²) in [6, 6.07) is 12.3. The minimum absolute atomic E-state index is 0.129. The first-order valence-electron chi connectivity index (χ1n) is 14.7. The summed E-state index contributed by atoms with van der Waals surface area (Å²) in [6.45, 7) is 3.40. The van der Waals surface area contributed by atoms with Crippen LogP contribution in [0.2, 0.25) is 0 Å².